The van der Waals surface area contributed by atoms with E-state index in [9.17, 15) is 10.1 Å². The second-order valence-corrected chi connectivity index (χ2v) is 9.49. The molecule has 0 amide bonds. The molecule has 4 aliphatic rings. The van der Waals surface area contributed by atoms with E-state index < -0.39 is 17.5 Å². The molecule has 2 bridgehead atoms. The van der Waals surface area contributed by atoms with Gasteiger partial charge in [0.15, 0.2) is 0 Å². The summed E-state index contributed by atoms with van der Waals surface area (Å²) < 4.78 is 19.2. The average molecular weight is 420 g/mol. The predicted molar refractivity (Wildman–Crippen MR) is 109 cm³/mol. The molecule has 30 heavy (non-hydrogen) atoms. The number of carbonyl (C=O) groups is 1. The summed E-state index contributed by atoms with van der Waals surface area (Å²) in [4.78, 5) is 13.2. The Labute approximate surface area is 178 Å². The summed E-state index contributed by atoms with van der Waals surface area (Å²) in [5.74, 6) is -0.567. The van der Waals surface area contributed by atoms with Crippen LogP contribution in [0.3, 0.4) is 0 Å². The van der Waals surface area contributed by atoms with E-state index in [1.165, 1.54) is 6.42 Å². The van der Waals surface area contributed by atoms with Gasteiger partial charge in [0.05, 0.1) is 11.6 Å². The van der Waals surface area contributed by atoms with Crippen LogP contribution in [-0.2, 0) is 31.2 Å². The maximum Gasteiger partial charge on any atom is 0.341 e. The molecule has 0 radical (unpaired) electrons. The van der Waals surface area contributed by atoms with E-state index in [1.807, 2.05) is 29.0 Å². The van der Waals surface area contributed by atoms with Crippen LogP contribution in [0.1, 0.15) is 66.9 Å². The van der Waals surface area contributed by atoms with E-state index in [-0.39, 0.29) is 5.97 Å². The molecule has 0 unspecified atom stereocenters. The number of benzene rings is 1. The minimum absolute atomic E-state index is 0.320. The van der Waals surface area contributed by atoms with Crippen molar-refractivity contribution in [2.75, 3.05) is 0 Å². The third-order valence-corrected chi connectivity index (χ3v) is 7.56. The van der Waals surface area contributed by atoms with Gasteiger partial charge in [-0.15, -0.1) is 0 Å². The Morgan fingerprint density at radius 2 is 1.97 bits per heavy atom. The quantitative estimate of drug-likeness (QED) is 0.607. The lowest BCUT2D eigenvalue weighted by molar-refractivity contribution is -0.278. The van der Waals surface area contributed by atoms with Gasteiger partial charge < -0.3 is 14.2 Å². The van der Waals surface area contributed by atoms with Crippen LogP contribution >= 0.6 is 11.3 Å². The van der Waals surface area contributed by atoms with E-state index in [0.29, 0.717) is 24.0 Å². The van der Waals surface area contributed by atoms with Crippen LogP contribution in [0.5, 0.6) is 0 Å². The van der Waals surface area contributed by atoms with Crippen molar-refractivity contribution in [1.29, 1.82) is 5.26 Å². The van der Waals surface area contributed by atoms with E-state index in [0.717, 1.165) is 48.1 Å². The van der Waals surface area contributed by atoms with Gasteiger partial charge in [-0.25, -0.2) is 4.79 Å². The number of hydrogen-bond acceptors (Lipinski definition) is 6. The van der Waals surface area contributed by atoms with Gasteiger partial charge in [-0.05, 0) is 60.4 Å². The fourth-order valence-electron chi connectivity index (χ4n) is 5.42. The molecule has 2 atom stereocenters. The second kappa shape index (κ2) is 6.44. The summed E-state index contributed by atoms with van der Waals surface area (Å²) >= 11 is 1.59. The monoisotopic (exact) mass is 419 g/mol. The first-order valence-electron chi connectivity index (χ1n) is 10.5. The first kappa shape index (κ1) is 18.2. The first-order chi connectivity index (χ1) is 14.6. The second-order valence-electron chi connectivity index (χ2n) is 8.71. The van der Waals surface area contributed by atoms with Crippen LogP contribution in [0, 0.1) is 11.3 Å². The lowest BCUT2D eigenvalue weighted by atomic mass is 9.77. The van der Waals surface area contributed by atoms with Crippen molar-refractivity contribution in [3.8, 4) is 6.07 Å². The number of hydrogen-bond donors (Lipinski definition) is 0. The molecule has 1 saturated carbocycles. The van der Waals surface area contributed by atoms with Crippen molar-refractivity contribution in [3.63, 3.8) is 0 Å². The fourth-order valence-corrected chi connectivity index (χ4v) is 6.13. The molecule has 3 aliphatic heterocycles. The molecule has 5 nitrogen and oxygen atoms in total. The zero-order valence-corrected chi connectivity index (χ0v) is 17.3. The fraction of sp³-hybridized carbons (Fsp3) is 0.417. The van der Waals surface area contributed by atoms with E-state index in [2.05, 4.69) is 6.07 Å². The molecule has 6 rings (SSSR count). The maximum absolute atomic E-state index is 13.2. The van der Waals surface area contributed by atoms with Crippen molar-refractivity contribution in [3.05, 3.63) is 68.6 Å². The largest absolute Gasteiger partial charge is 0.461 e. The molecule has 0 N–H and O–H groups in total. The lowest BCUT2D eigenvalue weighted by Gasteiger charge is -2.50. The Morgan fingerprint density at radius 1 is 1.10 bits per heavy atom. The molecule has 152 valence electrons. The summed E-state index contributed by atoms with van der Waals surface area (Å²) in [7, 11) is 0. The number of carbonyl (C=O) groups excluding carboxylic acids is 1. The predicted octanol–water partition coefficient (Wildman–Crippen LogP) is 5.02. The van der Waals surface area contributed by atoms with Crippen LogP contribution in [0.25, 0.3) is 0 Å². The lowest BCUT2D eigenvalue weighted by Crippen LogP contribution is -2.50. The summed E-state index contributed by atoms with van der Waals surface area (Å²) in [6, 6.07) is 9.81. The number of thiophene rings is 1. The molecule has 6 heteroatoms. The van der Waals surface area contributed by atoms with Gasteiger partial charge in [-0.3, -0.25) is 0 Å². The van der Waals surface area contributed by atoms with Crippen LogP contribution in [0.15, 0.2) is 46.4 Å². The Kier molecular flexibility index (Phi) is 3.90. The normalized spacial score (nSPS) is 28.8. The minimum Gasteiger partial charge on any atom is -0.461 e. The minimum atomic E-state index is -0.974. The highest BCUT2D eigenvalue weighted by atomic mass is 32.1. The Bertz CT molecular complexity index is 1110. The van der Waals surface area contributed by atoms with E-state index >= 15 is 0 Å². The SMILES string of the molecule is N#Cc1ccc2c(c1)C[C@]1(c3ccsc3)OC3=C(C(=O)OC4(CCCCC4)C3)[C@H]2O1. The van der Waals surface area contributed by atoms with Crippen LogP contribution in [0.2, 0.25) is 0 Å². The highest BCUT2D eigenvalue weighted by molar-refractivity contribution is 7.08. The van der Waals surface area contributed by atoms with Crippen LogP contribution < -0.4 is 0 Å². The van der Waals surface area contributed by atoms with Crippen LogP contribution in [0.4, 0.5) is 0 Å². The highest BCUT2D eigenvalue weighted by Crippen LogP contribution is 2.55. The van der Waals surface area contributed by atoms with Crippen LogP contribution in [-0.4, -0.2) is 11.6 Å². The number of esters is 1. The average Bonchev–Trinajstić information content (AvgIpc) is 3.29. The number of rotatable bonds is 1. The Hall–Kier alpha value is -2.62. The molecular formula is C24H21NO4S. The number of nitriles is 1. The Morgan fingerprint density at radius 3 is 2.73 bits per heavy atom. The molecule has 1 aromatic heterocycles. The molecule has 2 aromatic rings. The molecule has 4 heterocycles. The molecule has 1 spiro atoms. The van der Waals surface area contributed by atoms with E-state index in [1.54, 1.807) is 17.4 Å². The number of fused-ring (bicyclic) bond motifs is 5. The van der Waals surface area contributed by atoms with Gasteiger partial charge in [0, 0.05) is 23.8 Å². The zero-order valence-electron chi connectivity index (χ0n) is 16.5. The van der Waals surface area contributed by atoms with Crippen molar-refractivity contribution in [1.82, 2.24) is 0 Å². The van der Waals surface area contributed by atoms with Gasteiger partial charge in [0.2, 0.25) is 5.79 Å². The first-order valence-corrected chi connectivity index (χ1v) is 11.4. The van der Waals surface area contributed by atoms with Gasteiger partial charge in [0.25, 0.3) is 0 Å². The zero-order chi connectivity index (χ0) is 20.3. The molecule has 1 fully saturated rings. The number of ether oxygens (including phenoxy) is 3. The molecule has 1 aliphatic carbocycles. The highest BCUT2D eigenvalue weighted by Gasteiger charge is 2.55. The standard InChI is InChI=1S/C24H21NO4S/c25-13-15-4-5-18-16(10-15)11-24(17-6-9-30-14-17)27-19-12-23(7-2-1-3-8-23)29-22(26)20(19)21(18)28-24/h4-6,9-10,14,21H,1-3,7-8,11-12H2/t21-,24-/m0/s1. The third-order valence-electron chi connectivity index (χ3n) is 6.87. The molecular weight excluding hydrogens is 398 g/mol. The van der Waals surface area contributed by atoms with Crippen molar-refractivity contribution in [2.24, 2.45) is 0 Å². The van der Waals surface area contributed by atoms with Crippen molar-refractivity contribution >= 4 is 17.3 Å². The van der Waals surface area contributed by atoms with Gasteiger partial charge in [-0.2, -0.15) is 16.6 Å². The third kappa shape index (κ3) is 2.59. The number of nitrogens with zero attached hydrogens (tertiary/aromatic N) is 1. The van der Waals surface area contributed by atoms with Crippen molar-refractivity contribution in [2.45, 2.75) is 62.4 Å². The molecule has 1 aromatic carbocycles. The van der Waals surface area contributed by atoms with Crippen molar-refractivity contribution < 1.29 is 19.0 Å². The van der Waals surface area contributed by atoms with Gasteiger partial charge in [-0.1, -0.05) is 12.5 Å². The topological polar surface area (TPSA) is 68.5 Å². The Balaban J connectivity index is 1.52. The van der Waals surface area contributed by atoms with Gasteiger partial charge >= 0.3 is 5.97 Å². The smallest absolute Gasteiger partial charge is 0.341 e. The summed E-state index contributed by atoms with van der Waals surface area (Å²) in [6.07, 6.45) is 5.69. The summed E-state index contributed by atoms with van der Waals surface area (Å²) in [5, 5.41) is 13.4. The van der Waals surface area contributed by atoms with E-state index in [4.69, 9.17) is 14.2 Å². The summed E-state index contributed by atoms with van der Waals surface area (Å²) in [5.41, 5.74) is 3.50. The molecule has 0 saturated heterocycles. The maximum atomic E-state index is 13.2. The van der Waals surface area contributed by atoms with Gasteiger partial charge in [0.1, 0.15) is 23.0 Å². The summed E-state index contributed by atoms with van der Waals surface area (Å²) in [6.45, 7) is 0.